The van der Waals surface area contributed by atoms with Gasteiger partial charge < -0.3 is 40.2 Å². The summed E-state index contributed by atoms with van der Waals surface area (Å²) in [5.74, 6) is -0.178. The molecule has 0 unspecified atom stereocenters. The zero-order valence-corrected chi connectivity index (χ0v) is 38.0. The van der Waals surface area contributed by atoms with Gasteiger partial charge in [0.25, 0.3) is 11.8 Å². The number of benzene rings is 7. The summed E-state index contributed by atoms with van der Waals surface area (Å²) in [4.78, 5) is 28.2. The van der Waals surface area contributed by atoms with E-state index in [0.29, 0.717) is 47.9 Å². The van der Waals surface area contributed by atoms with E-state index in [2.05, 4.69) is 136 Å². The van der Waals surface area contributed by atoms with Gasteiger partial charge in [0.2, 0.25) is 0 Å². The molecule has 2 amide bonds. The number of amides is 2. The number of aromatic nitrogens is 2. The first-order chi connectivity index (χ1) is 31.0. The molecule has 0 aliphatic carbocycles. The lowest BCUT2D eigenvalue weighted by Gasteiger charge is -2.13. The average Bonchev–Trinajstić information content (AvgIpc) is 3.31. The average molecular weight is 900 g/mol. The molecule has 0 aliphatic heterocycles. The first kappa shape index (κ1) is 46.2. The first-order valence-corrected chi connectivity index (χ1v) is 22.2. The van der Waals surface area contributed by atoms with Gasteiger partial charge in [0.15, 0.2) is 37.9 Å². The van der Waals surface area contributed by atoms with E-state index < -0.39 is 0 Å². The van der Waals surface area contributed by atoms with Crippen LogP contribution in [0.1, 0.15) is 77.3 Å². The molecule has 0 spiro atoms. The summed E-state index contributed by atoms with van der Waals surface area (Å²) >= 11 is 0. The van der Waals surface area contributed by atoms with Gasteiger partial charge in [-0.25, -0.2) is 0 Å². The minimum absolute atomic E-state index is 0. The molecule has 0 atom stereocenters. The summed E-state index contributed by atoms with van der Waals surface area (Å²) in [6.07, 6.45) is 14.7. The van der Waals surface area contributed by atoms with Crippen LogP contribution < -0.4 is 49.3 Å². The van der Waals surface area contributed by atoms with Gasteiger partial charge >= 0.3 is 0 Å². The second-order valence-corrected chi connectivity index (χ2v) is 16.4. The topological polar surface area (TPSA) is 75.2 Å². The number of rotatable bonds is 16. The van der Waals surface area contributed by atoms with Crippen LogP contribution in [0.2, 0.25) is 0 Å². The molecule has 328 valence electrons. The van der Waals surface area contributed by atoms with Crippen LogP contribution in [0.4, 0.5) is 11.4 Å². The van der Waals surface area contributed by atoms with E-state index in [0.717, 1.165) is 19.3 Å². The third kappa shape index (κ3) is 10.9. The maximum Gasteiger partial charge on any atom is 0.255 e. The molecule has 0 saturated carbocycles. The molecule has 0 saturated heterocycles. The normalized spacial score (nSPS) is 11.0. The molecule has 9 rings (SSSR count). The molecule has 0 bridgehead atoms. The van der Waals surface area contributed by atoms with Crippen LogP contribution in [-0.2, 0) is 13.1 Å². The zero-order chi connectivity index (χ0) is 43.0. The number of fused-ring (bicyclic) bond motifs is 4. The monoisotopic (exact) mass is 898 g/mol. The molecule has 2 N–H and O–H groups in total. The van der Waals surface area contributed by atoms with Gasteiger partial charge in [0, 0.05) is 34.4 Å². The van der Waals surface area contributed by atoms with E-state index in [4.69, 9.17) is 4.74 Å². The van der Waals surface area contributed by atoms with Gasteiger partial charge in [-0.2, -0.15) is 9.13 Å². The Morgan fingerprint density at radius 1 is 0.477 bits per heavy atom. The maximum atomic E-state index is 14.1. The Morgan fingerprint density at radius 3 is 1.31 bits per heavy atom. The zero-order valence-electron chi connectivity index (χ0n) is 36.5. The molecule has 2 heterocycles. The van der Waals surface area contributed by atoms with Gasteiger partial charge in [-0.15, -0.1) is 0 Å². The number of carbonyl (C=O) groups excluding carboxylic acids is 2. The summed E-state index contributed by atoms with van der Waals surface area (Å²) in [7, 11) is 0. The molecule has 0 aliphatic rings. The second kappa shape index (κ2) is 21.7. The minimum atomic E-state index is -0.331. The number of ether oxygens (including phenoxy) is 1. The second-order valence-electron chi connectivity index (χ2n) is 16.4. The third-order valence-electron chi connectivity index (χ3n) is 11.9. The van der Waals surface area contributed by atoms with Crippen LogP contribution in [0.5, 0.6) is 5.75 Å². The SMILES string of the molecule is CCCCCCCCOc1cc(C(=O)Nc2ccc[n+](Cc3c4ccccc4cc4ccccc34)c2)cc(C(=O)Nc2ccc[n+](Cc3c4ccccc4cc4ccccc34)c2)c1.[Cl-].[Cl-]. The fourth-order valence-corrected chi connectivity index (χ4v) is 8.73. The summed E-state index contributed by atoms with van der Waals surface area (Å²) in [6.45, 7) is 3.96. The van der Waals surface area contributed by atoms with Crippen LogP contribution in [0.15, 0.2) is 176 Å². The number of carbonyl (C=O) groups is 2. The predicted octanol–water partition coefficient (Wildman–Crippen LogP) is 6.22. The fraction of sp³-hybridized carbons (Fsp3) is 0.179. The highest BCUT2D eigenvalue weighted by Crippen LogP contribution is 2.30. The van der Waals surface area contributed by atoms with Crippen molar-refractivity contribution >= 4 is 66.3 Å². The Kier molecular flexibility index (Phi) is 15.4. The largest absolute Gasteiger partial charge is 1.00 e. The van der Waals surface area contributed by atoms with E-state index >= 15 is 0 Å². The lowest BCUT2D eigenvalue weighted by molar-refractivity contribution is -0.687. The third-order valence-corrected chi connectivity index (χ3v) is 11.9. The number of hydrogen-bond donors (Lipinski definition) is 2. The van der Waals surface area contributed by atoms with E-state index in [1.165, 1.54) is 73.5 Å². The van der Waals surface area contributed by atoms with Crippen LogP contribution in [-0.4, -0.2) is 18.4 Å². The quantitative estimate of drug-likeness (QED) is 0.0688. The van der Waals surface area contributed by atoms with Gasteiger partial charge in [-0.05, 0) is 92.0 Å². The molecule has 7 nitrogen and oxygen atoms in total. The molecule has 0 radical (unpaired) electrons. The number of pyridine rings is 2. The molecule has 2 aromatic heterocycles. The Bertz CT molecular complexity index is 2810. The summed E-state index contributed by atoms with van der Waals surface area (Å²) in [5, 5.41) is 15.8. The van der Waals surface area contributed by atoms with Crippen molar-refractivity contribution in [3.05, 3.63) is 199 Å². The van der Waals surface area contributed by atoms with Crippen molar-refractivity contribution in [3.63, 3.8) is 0 Å². The molecule has 9 heteroatoms. The Labute approximate surface area is 392 Å². The minimum Gasteiger partial charge on any atom is -1.00 e. The van der Waals surface area contributed by atoms with E-state index in [1.54, 1.807) is 18.2 Å². The van der Waals surface area contributed by atoms with Crippen LogP contribution in [0.3, 0.4) is 0 Å². The van der Waals surface area contributed by atoms with Crippen LogP contribution in [0, 0.1) is 0 Å². The fourth-order valence-electron chi connectivity index (χ4n) is 8.73. The number of halogens is 2. The predicted molar refractivity (Wildman–Crippen MR) is 256 cm³/mol. The van der Waals surface area contributed by atoms with Crippen LogP contribution >= 0.6 is 0 Å². The standard InChI is InChI=1S/C56H50N4O3.2ClH/c1-2-3-4-5-6-15-30-63-48-34-44(55(61)57-46-22-16-28-59(36-46)38-53-49-24-11-7-18-40(49)31-41-19-8-12-25-50(41)53)33-45(35-48)56(62)58-47-23-17-29-60(37-47)39-54-51-26-13-9-20-42(51)32-43-21-10-14-27-52(43)54;;/h7-14,16-29,31-37H,2-6,15,30,38-39H2,1H3;2*1H. The number of anilines is 2. The summed E-state index contributed by atoms with van der Waals surface area (Å²) in [5.41, 5.74) is 4.39. The molecular weight excluding hydrogens is 848 g/mol. The molecule has 65 heavy (non-hydrogen) atoms. The molecular formula is C56H52Cl2N4O3. The first-order valence-electron chi connectivity index (χ1n) is 22.2. The van der Waals surface area contributed by atoms with Crippen molar-refractivity contribution in [2.45, 2.75) is 58.5 Å². The summed E-state index contributed by atoms with van der Waals surface area (Å²) in [6, 6.07) is 51.1. The molecule has 0 fully saturated rings. The van der Waals surface area contributed by atoms with Crippen molar-refractivity contribution in [2.24, 2.45) is 0 Å². The Morgan fingerprint density at radius 2 is 0.877 bits per heavy atom. The highest BCUT2D eigenvalue weighted by atomic mass is 35.5. The van der Waals surface area contributed by atoms with Gasteiger partial charge in [0.05, 0.1) is 6.61 Å². The van der Waals surface area contributed by atoms with Crippen molar-refractivity contribution in [3.8, 4) is 5.75 Å². The lowest BCUT2D eigenvalue weighted by atomic mass is 9.96. The Hall–Kier alpha value is -6.80. The van der Waals surface area contributed by atoms with Gasteiger partial charge in [-0.1, -0.05) is 136 Å². The van der Waals surface area contributed by atoms with Crippen LogP contribution in [0.25, 0.3) is 43.1 Å². The number of hydrogen-bond acceptors (Lipinski definition) is 3. The molecule has 7 aromatic carbocycles. The number of nitrogens with zero attached hydrogens (tertiary/aromatic N) is 2. The highest BCUT2D eigenvalue weighted by molar-refractivity contribution is 6.09. The molecule has 9 aromatic rings. The van der Waals surface area contributed by atoms with Crippen molar-refractivity contribution in [2.75, 3.05) is 17.2 Å². The smallest absolute Gasteiger partial charge is 0.255 e. The van der Waals surface area contributed by atoms with Crippen molar-refractivity contribution in [1.29, 1.82) is 0 Å². The Balaban J connectivity index is 0.00000315. The maximum absolute atomic E-state index is 14.1. The van der Waals surface area contributed by atoms with Gasteiger partial charge in [0.1, 0.15) is 17.1 Å². The van der Waals surface area contributed by atoms with E-state index in [9.17, 15) is 9.59 Å². The number of unbranched alkanes of at least 4 members (excludes halogenated alkanes) is 5. The number of nitrogens with one attached hydrogen (secondary N) is 2. The van der Waals surface area contributed by atoms with Gasteiger partial charge in [-0.3, -0.25) is 9.59 Å². The highest BCUT2D eigenvalue weighted by Gasteiger charge is 2.19. The van der Waals surface area contributed by atoms with E-state index in [1.807, 2.05) is 49.1 Å². The lowest BCUT2D eigenvalue weighted by Crippen LogP contribution is -3.00. The van der Waals surface area contributed by atoms with Crippen molar-refractivity contribution < 1.29 is 48.3 Å². The van der Waals surface area contributed by atoms with Crippen molar-refractivity contribution in [1.82, 2.24) is 0 Å². The summed E-state index contributed by atoms with van der Waals surface area (Å²) < 4.78 is 10.4. The van der Waals surface area contributed by atoms with E-state index in [-0.39, 0.29) is 36.6 Å².